The average molecular weight is 442 g/mol. The lowest BCUT2D eigenvalue weighted by Gasteiger charge is -2.35. The average Bonchev–Trinajstić information content (AvgIpc) is 2.89. The van der Waals surface area contributed by atoms with Gasteiger partial charge in [0.15, 0.2) is 0 Å². The Kier molecular flexibility index (Phi) is 6.24. The maximum absolute atomic E-state index is 13.1. The molecule has 5 rings (SSSR count). The second-order valence-corrected chi connectivity index (χ2v) is 8.94. The summed E-state index contributed by atoms with van der Waals surface area (Å²) in [4.78, 5) is 29.2. The lowest BCUT2D eigenvalue weighted by Crippen LogP contribution is -2.49. The minimum Gasteiger partial charge on any atom is -0.356 e. The van der Waals surface area contributed by atoms with E-state index >= 15 is 0 Å². The lowest BCUT2D eigenvalue weighted by atomic mass is 10.0. The van der Waals surface area contributed by atoms with Crippen LogP contribution in [0.5, 0.6) is 0 Å². The van der Waals surface area contributed by atoms with E-state index in [9.17, 15) is 4.79 Å². The normalized spacial score (nSPS) is 16.7. The van der Waals surface area contributed by atoms with Crippen LogP contribution in [-0.2, 0) is 0 Å². The van der Waals surface area contributed by atoms with Gasteiger partial charge in [-0.15, -0.1) is 0 Å². The molecule has 0 saturated carbocycles. The quantitative estimate of drug-likeness (QED) is 0.601. The van der Waals surface area contributed by atoms with Crippen LogP contribution in [0.15, 0.2) is 60.7 Å². The summed E-state index contributed by atoms with van der Waals surface area (Å²) in [7, 11) is 0. The number of hydrogen-bond acceptors (Lipinski definition) is 5. The van der Waals surface area contributed by atoms with E-state index in [1.54, 1.807) is 0 Å². The van der Waals surface area contributed by atoms with E-state index in [0.29, 0.717) is 13.1 Å². The van der Waals surface area contributed by atoms with Crippen molar-refractivity contribution in [1.29, 1.82) is 0 Å². The Labute approximate surface area is 195 Å². The molecule has 2 aliphatic rings. The van der Waals surface area contributed by atoms with Crippen molar-refractivity contribution in [2.24, 2.45) is 0 Å². The molecule has 170 valence electrons. The summed E-state index contributed by atoms with van der Waals surface area (Å²) in [5, 5.41) is 0. The first-order valence-corrected chi connectivity index (χ1v) is 12.0. The van der Waals surface area contributed by atoms with Crippen molar-refractivity contribution in [1.82, 2.24) is 14.9 Å². The fourth-order valence-electron chi connectivity index (χ4n) is 4.69. The van der Waals surface area contributed by atoms with Crippen LogP contribution >= 0.6 is 0 Å². The minimum absolute atomic E-state index is 0.0911. The van der Waals surface area contributed by atoms with Gasteiger partial charge in [0.05, 0.1) is 0 Å². The molecule has 0 unspecified atom stereocenters. The molecule has 2 fully saturated rings. The molecule has 0 bridgehead atoms. The van der Waals surface area contributed by atoms with Crippen LogP contribution in [0.3, 0.4) is 0 Å². The molecule has 2 aliphatic heterocycles. The van der Waals surface area contributed by atoms with Crippen molar-refractivity contribution in [3.8, 4) is 11.1 Å². The number of hydrogen-bond donors (Lipinski definition) is 0. The van der Waals surface area contributed by atoms with Crippen molar-refractivity contribution in [3.63, 3.8) is 0 Å². The van der Waals surface area contributed by atoms with Crippen LogP contribution in [-0.4, -0.2) is 60.0 Å². The zero-order valence-corrected chi connectivity index (χ0v) is 19.3. The Balaban J connectivity index is 1.23. The Bertz CT molecular complexity index is 1090. The Morgan fingerprint density at radius 1 is 0.727 bits per heavy atom. The van der Waals surface area contributed by atoms with E-state index in [4.69, 9.17) is 9.97 Å². The van der Waals surface area contributed by atoms with Gasteiger partial charge in [0.25, 0.3) is 5.91 Å². The molecule has 1 aromatic heterocycles. The number of benzene rings is 2. The molecule has 2 aromatic carbocycles. The van der Waals surface area contributed by atoms with Crippen LogP contribution < -0.4 is 9.80 Å². The third kappa shape index (κ3) is 4.85. The molecule has 3 heterocycles. The number of piperidine rings is 1. The maximum Gasteiger partial charge on any atom is 0.253 e. The van der Waals surface area contributed by atoms with Crippen LogP contribution in [0.25, 0.3) is 11.1 Å². The third-order valence-corrected chi connectivity index (χ3v) is 6.60. The molecule has 0 spiro atoms. The fourth-order valence-corrected chi connectivity index (χ4v) is 4.69. The topological polar surface area (TPSA) is 52.6 Å². The van der Waals surface area contributed by atoms with Crippen molar-refractivity contribution in [3.05, 3.63) is 71.9 Å². The van der Waals surface area contributed by atoms with Gasteiger partial charge in [-0.05, 0) is 49.4 Å². The molecular weight excluding hydrogens is 410 g/mol. The number of aryl methyl sites for hydroxylation is 1. The SMILES string of the molecule is Cc1cc(N2CCCCC2)nc(N2CCN(C(=O)c3ccc(-c4ccccc4)cc3)CC2)n1. The first-order chi connectivity index (χ1) is 16.2. The van der Waals surface area contributed by atoms with E-state index in [-0.39, 0.29) is 5.91 Å². The molecule has 0 N–H and O–H groups in total. The zero-order chi connectivity index (χ0) is 22.6. The summed E-state index contributed by atoms with van der Waals surface area (Å²) < 4.78 is 0. The highest BCUT2D eigenvalue weighted by Crippen LogP contribution is 2.23. The fraction of sp³-hybridized carbons (Fsp3) is 0.370. The second-order valence-electron chi connectivity index (χ2n) is 8.94. The van der Waals surface area contributed by atoms with Gasteiger partial charge in [-0.2, -0.15) is 4.98 Å². The Morgan fingerprint density at radius 2 is 1.39 bits per heavy atom. The summed E-state index contributed by atoms with van der Waals surface area (Å²) in [6.45, 7) is 7.03. The monoisotopic (exact) mass is 441 g/mol. The van der Waals surface area contributed by atoms with E-state index in [1.807, 2.05) is 54.3 Å². The Hall–Kier alpha value is -3.41. The molecule has 0 atom stereocenters. The van der Waals surface area contributed by atoms with E-state index in [2.05, 4.69) is 28.0 Å². The van der Waals surface area contributed by atoms with E-state index in [0.717, 1.165) is 60.3 Å². The highest BCUT2D eigenvalue weighted by molar-refractivity contribution is 5.94. The van der Waals surface area contributed by atoms with Crippen molar-refractivity contribution in [2.75, 3.05) is 49.1 Å². The van der Waals surface area contributed by atoms with Crippen LogP contribution in [0.2, 0.25) is 0 Å². The molecule has 0 aliphatic carbocycles. The van der Waals surface area contributed by atoms with E-state index in [1.165, 1.54) is 19.3 Å². The molecular formula is C27H31N5O. The molecule has 2 saturated heterocycles. The number of piperazine rings is 1. The Morgan fingerprint density at radius 3 is 2.09 bits per heavy atom. The summed E-state index contributed by atoms with van der Waals surface area (Å²) in [6, 6.07) is 20.3. The van der Waals surface area contributed by atoms with Crippen LogP contribution in [0.1, 0.15) is 35.3 Å². The first kappa shape index (κ1) is 21.4. The minimum atomic E-state index is 0.0911. The zero-order valence-electron chi connectivity index (χ0n) is 19.3. The lowest BCUT2D eigenvalue weighted by molar-refractivity contribution is 0.0746. The number of anilines is 2. The summed E-state index contributed by atoms with van der Waals surface area (Å²) in [5.41, 5.74) is 4.02. The summed E-state index contributed by atoms with van der Waals surface area (Å²) >= 11 is 0. The van der Waals surface area contributed by atoms with Crippen molar-refractivity contribution < 1.29 is 4.79 Å². The van der Waals surface area contributed by atoms with Gasteiger partial charge in [-0.25, -0.2) is 4.98 Å². The van der Waals surface area contributed by atoms with Crippen LogP contribution in [0, 0.1) is 6.92 Å². The number of carbonyl (C=O) groups is 1. The molecule has 6 nitrogen and oxygen atoms in total. The van der Waals surface area contributed by atoms with Gasteiger partial charge < -0.3 is 14.7 Å². The highest BCUT2D eigenvalue weighted by atomic mass is 16.2. The number of amides is 1. The largest absolute Gasteiger partial charge is 0.356 e. The second kappa shape index (κ2) is 9.61. The summed E-state index contributed by atoms with van der Waals surface area (Å²) in [5.74, 6) is 1.91. The van der Waals surface area contributed by atoms with Gasteiger partial charge in [0.2, 0.25) is 5.95 Å². The predicted molar refractivity (Wildman–Crippen MR) is 133 cm³/mol. The molecule has 33 heavy (non-hydrogen) atoms. The number of rotatable bonds is 4. The standard InChI is InChI=1S/C27H31N5O/c1-21-20-25(30-14-6-3-7-15-30)29-27(28-21)32-18-16-31(17-19-32)26(33)24-12-10-23(11-13-24)22-8-4-2-5-9-22/h2,4-5,8-13,20H,3,6-7,14-19H2,1H3. The summed E-state index contributed by atoms with van der Waals surface area (Å²) in [6.07, 6.45) is 3.76. The molecule has 3 aromatic rings. The third-order valence-electron chi connectivity index (χ3n) is 6.60. The van der Waals surface area contributed by atoms with Crippen molar-refractivity contribution in [2.45, 2.75) is 26.2 Å². The van der Waals surface area contributed by atoms with Crippen molar-refractivity contribution >= 4 is 17.7 Å². The predicted octanol–water partition coefficient (Wildman–Crippen LogP) is 4.40. The van der Waals surface area contributed by atoms with Gasteiger partial charge >= 0.3 is 0 Å². The number of nitrogens with zero attached hydrogens (tertiary/aromatic N) is 5. The van der Waals surface area contributed by atoms with Gasteiger partial charge in [0.1, 0.15) is 5.82 Å². The molecule has 6 heteroatoms. The first-order valence-electron chi connectivity index (χ1n) is 12.0. The van der Waals surface area contributed by atoms with Gasteiger partial charge in [-0.3, -0.25) is 4.79 Å². The van der Waals surface area contributed by atoms with Crippen LogP contribution in [0.4, 0.5) is 11.8 Å². The smallest absolute Gasteiger partial charge is 0.253 e. The molecule has 1 amide bonds. The van der Waals surface area contributed by atoms with Gasteiger partial charge in [0, 0.05) is 56.6 Å². The highest BCUT2D eigenvalue weighted by Gasteiger charge is 2.24. The van der Waals surface area contributed by atoms with Gasteiger partial charge in [-0.1, -0.05) is 42.5 Å². The molecule has 0 radical (unpaired) electrons. The van der Waals surface area contributed by atoms with E-state index < -0.39 is 0 Å². The number of carbonyl (C=O) groups excluding carboxylic acids is 1. The maximum atomic E-state index is 13.1. The number of aromatic nitrogens is 2.